The van der Waals surface area contributed by atoms with E-state index in [1.807, 2.05) is 12.1 Å². The number of aryl methyl sites for hydroxylation is 1. The van der Waals surface area contributed by atoms with Crippen molar-refractivity contribution < 1.29 is 8.83 Å². The minimum Gasteiger partial charge on any atom is -0.396 e. The number of pyridine rings is 1. The third-order valence-corrected chi connectivity index (χ3v) is 6.03. The van der Waals surface area contributed by atoms with E-state index in [4.69, 9.17) is 20.3 Å². The smallest absolute Gasteiger partial charge is 0.396 e. The van der Waals surface area contributed by atoms with Crippen LogP contribution in [0.25, 0.3) is 0 Å². The van der Waals surface area contributed by atoms with Crippen molar-refractivity contribution in [3.8, 4) is 6.07 Å². The van der Waals surface area contributed by atoms with Crippen LogP contribution in [0.5, 0.6) is 0 Å². The molecule has 2 aliphatic carbocycles. The lowest BCUT2D eigenvalue weighted by Crippen LogP contribution is -2.43. The molecule has 2 fully saturated rings. The second-order valence-corrected chi connectivity index (χ2v) is 7.62. The molecule has 0 amide bonds. The zero-order valence-corrected chi connectivity index (χ0v) is 16.8. The van der Waals surface area contributed by atoms with Gasteiger partial charge in [0, 0.05) is 6.20 Å². The van der Waals surface area contributed by atoms with Gasteiger partial charge in [-0.15, -0.1) is 12.4 Å². The van der Waals surface area contributed by atoms with Gasteiger partial charge in [0.05, 0.1) is 18.0 Å². The Labute approximate surface area is 173 Å². The van der Waals surface area contributed by atoms with Crippen LogP contribution in [0.1, 0.15) is 42.8 Å². The van der Waals surface area contributed by atoms with Gasteiger partial charge in [-0.05, 0) is 50.2 Å². The van der Waals surface area contributed by atoms with Gasteiger partial charge in [-0.2, -0.15) is 5.26 Å². The molecule has 2 saturated carbocycles. The summed E-state index contributed by atoms with van der Waals surface area (Å²) in [7, 11) is 0. The summed E-state index contributed by atoms with van der Waals surface area (Å²) in [4.78, 5) is 20.1. The summed E-state index contributed by atoms with van der Waals surface area (Å²) in [6.07, 6.45) is 5.07. The maximum Gasteiger partial charge on any atom is 0.519 e. The number of anilines is 1. The Morgan fingerprint density at radius 3 is 2.76 bits per heavy atom. The number of guanidine groups is 1. The predicted octanol–water partition coefficient (Wildman–Crippen LogP) is 2.15. The van der Waals surface area contributed by atoms with Gasteiger partial charge in [-0.3, -0.25) is 0 Å². The number of nitrogens with one attached hydrogen (secondary N) is 1. The van der Waals surface area contributed by atoms with E-state index in [-0.39, 0.29) is 24.9 Å². The largest absolute Gasteiger partial charge is 0.519 e. The number of hydrogen-bond acceptors (Lipinski definition) is 7. The highest BCUT2D eigenvalue weighted by Gasteiger charge is 2.63. The lowest BCUT2D eigenvalue weighted by Gasteiger charge is -2.39. The SMILES string of the molecule is Cc1oc(=O)oc1CNc1ccc(C2(N=C(N)N)CC3CCC2(C#N)C3)cn1.Cl. The van der Waals surface area contributed by atoms with Crippen LogP contribution in [0, 0.1) is 29.6 Å². The van der Waals surface area contributed by atoms with E-state index >= 15 is 0 Å². The van der Waals surface area contributed by atoms with Gasteiger partial charge in [-0.1, -0.05) is 6.07 Å². The van der Waals surface area contributed by atoms with E-state index in [9.17, 15) is 10.1 Å². The number of nitriles is 1. The van der Waals surface area contributed by atoms with Gasteiger partial charge in [0.2, 0.25) is 0 Å². The van der Waals surface area contributed by atoms with E-state index in [0.717, 1.165) is 31.2 Å². The molecule has 9 nitrogen and oxygen atoms in total. The lowest BCUT2D eigenvalue weighted by molar-refractivity contribution is 0.208. The molecule has 0 aliphatic heterocycles. The first kappa shape index (κ1) is 20.7. The van der Waals surface area contributed by atoms with Crippen LogP contribution < -0.4 is 22.6 Å². The first-order valence-corrected chi connectivity index (χ1v) is 9.19. The molecule has 10 heteroatoms. The molecule has 2 aromatic rings. The number of rotatable bonds is 5. The highest BCUT2D eigenvalue weighted by molar-refractivity contribution is 5.85. The van der Waals surface area contributed by atoms with Gasteiger partial charge in [-0.25, -0.2) is 14.8 Å². The van der Waals surface area contributed by atoms with Gasteiger partial charge >= 0.3 is 5.82 Å². The Hall–Kier alpha value is -2.99. The third-order valence-electron chi connectivity index (χ3n) is 6.03. The molecule has 2 aromatic heterocycles. The summed E-state index contributed by atoms with van der Waals surface area (Å²) in [5.41, 5.74) is 11.0. The molecule has 0 radical (unpaired) electrons. The number of aromatic nitrogens is 1. The fourth-order valence-corrected chi connectivity index (χ4v) is 4.79. The number of hydrogen-bond donors (Lipinski definition) is 3. The third kappa shape index (κ3) is 3.34. The zero-order chi connectivity index (χ0) is 19.9. The molecule has 2 bridgehead atoms. The summed E-state index contributed by atoms with van der Waals surface area (Å²) >= 11 is 0. The Morgan fingerprint density at radius 2 is 2.21 bits per heavy atom. The number of aliphatic imine (C=N–C) groups is 1. The maximum absolute atomic E-state index is 11.1. The van der Waals surface area contributed by atoms with Crippen molar-refractivity contribution in [3.05, 3.63) is 46.0 Å². The fraction of sp³-hybridized carbons (Fsp3) is 0.474. The number of nitrogens with zero attached hydrogens (tertiary/aromatic N) is 3. The topological polar surface area (TPSA) is 156 Å². The summed E-state index contributed by atoms with van der Waals surface area (Å²) in [6.45, 7) is 1.93. The molecule has 0 saturated heterocycles. The standard InChI is InChI=1S/C19H22N6O3.ClH/c1-11-14(28-17(26)27-11)9-24-15-3-2-13(8-23-15)19(25-16(21)22)7-12-4-5-18(19,6-12)10-20;/h2-3,8,12H,4-7,9H2,1H3,(H,23,24)(H4,21,22,25);1H. The van der Waals surface area contributed by atoms with Crippen LogP contribution in [-0.2, 0) is 12.1 Å². The Kier molecular flexibility index (Phi) is 5.32. The monoisotopic (exact) mass is 418 g/mol. The minimum absolute atomic E-state index is 0. The highest BCUT2D eigenvalue weighted by Crippen LogP contribution is 2.65. The summed E-state index contributed by atoms with van der Waals surface area (Å²) in [5, 5.41) is 13.1. The summed E-state index contributed by atoms with van der Waals surface area (Å²) in [5.74, 6) is 1.14. The van der Waals surface area contributed by atoms with Crippen molar-refractivity contribution in [2.45, 2.75) is 44.7 Å². The molecule has 2 heterocycles. The average molecular weight is 419 g/mol. The van der Waals surface area contributed by atoms with Crippen molar-refractivity contribution in [3.63, 3.8) is 0 Å². The number of halogens is 1. The van der Waals surface area contributed by atoms with Crippen LogP contribution in [-0.4, -0.2) is 10.9 Å². The van der Waals surface area contributed by atoms with Crippen molar-refractivity contribution >= 4 is 24.2 Å². The molecule has 0 spiro atoms. The van der Waals surface area contributed by atoms with Gasteiger partial charge in [0.15, 0.2) is 11.7 Å². The van der Waals surface area contributed by atoms with Crippen LogP contribution in [0.3, 0.4) is 0 Å². The lowest BCUT2D eigenvalue weighted by atomic mass is 9.66. The van der Waals surface area contributed by atoms with E-state index in [0.29, 0.717) is 23.3 Å². The van der Waals surface area contributed by atoms with Crippen molar-refractivity contribution in [1.82, 2.24) is 4.98 Å². The van der Waals surface area contributed by atoms with Crippen LogP contribution in [0.2, 0.25) is 0 Å². The minimum atomic E-state index is -0.761. The average Bonchev–Trinajstić information content (AvgIpc) is 3.31. The molecule has 0 aromatic carbocycles. The molecule has 4 rings (SSSR count). The quantitative estimate of drug-likeness (QED) is 0.492. The molecular weight excluding hydrogens is 396 g/mol. The molecule has 3 unspecified atom stereocenters. The van der Waals surface area contributed by atoms with Crippen LogP contribution in [0.4, 0.5) is 5.82 Å². The van der Waals surface area contributed by atoms with E-state index in [1.54, 1.807) is 13.1 Å². The molecular formula is C19H23ClN6O3. The molecule has 2 aliphatic rings. The van der Waals surface area contributed by atoms with Crippen molar-refractivity contribution in [2.75, 3.05) is 5.32 Å². The number of fused-ring (bicyclic) bond motifs is 2. The fourth-order valence-electron chi connectivity index (χ4n) is 4.79. The highest BCUT2D eigenvalue weighted by atomic mass is 35.5. The molecule has 154 valence electrons. The predicted molar refractivity (Wildman–Crippen MR) is 108 cm³/mol. The van der Waals surface area contributed by atoms with Crippen molar-refractivity contribution in [2.24, 2.45) is 27.8 Å². The van der Waals surface area contributed by atoms with E-state index < -0.39 is 16.8 Å². The van der Waals surface area contributed by atoms with E-state index in [2.05, 4.69) is 21.4 Å². The molecule has 5 N–H and O–H groups in total. The van der Waals surface area contributed by atoms with Gasteiger partial charge in [0.1, 0.15) is 17.1 Å². The summed E-state index contributed by atoms with van der Waals surface area (Å²) < 4.78 is 9.81. The Balaban J connectivity index is 0.00000240. The number of nitrogens with two attached hydrogens (primary N) is 2. The summed E-state index contributed by atoms with van der Waals surface area (Å²) in [6, 6.07) is 6.23. The van der Waals surface area contributed by atoms with Gasteiger partial charge < -0.3 is 25.6 Å². The first-order valence-electron chi connectivity index (χ1n) is 9.19. The Morgan fingerprint density at radius 1 is 1.41 bits per heavy atom. The molecule has 3 atom stereocenters. The normalized spacial score (nSPS) is 27.1. The van der Waals surface area contributed by atoms with Crippen molar-refractivity contribution in [1.29, 1.82) is 5.26 Å². The van der Waals surface area contributed by atoms with Crippen LogP contribution in [0.15, 0.2) is 37.0 Å². The van der Waals surface area contributed by atoms with E-state index in [1.165, 1.54) is 0 Å². The Bertz CT molecular complexity index is 1020. The van der Waals surface area contributed by atoms with Gasteiger partial charge in [0.25, 0.3) is 0 Å². The zero-order valence-electron chi connectivity index (χ0n) is 16.0. The second kappa shape index (κ2) is 7.44. The second-order valence-electron chi connectivity index (χ2n) is 7.62. The maximum atomic E-state index is 11.1. The first-order chi connectivity index (χ1) is 13.4. The molecule has 29 heavy (non-hydrogen) atoms. The van der Waals surface area contributed by atoms with Crippen LogP contribution >= 0.6 is 12.4 Å².